The molecule has 4 rings (SSSR count). The maximum absolute atomic E-state index is 15.0. The van der Waals surface area contributed by atoms with Crippen LogP contribution in [0.4, 0.5) is 14.5 Å². The molecule has 0 saturated carbocycles. The van der Waals surface area contributed by atoms with Crippen LogP contribution in [-0.4, -0.2) is 48.0 Å². The lowest BCUT2D eigenvalue weighted by atomic mass is 9.90. The van der Waals surface area contributed by atoms with Crippen molar-refractivity contribution in [1.82, 2.24) is 4.98 Å². The van der Waals surface area contributed by atoms with E-state index in [-0.39, 0.29) is 11.9 Å². The number of aryl methyl sites for hydroxylation is 2. The Morgan fingerprint density at radius 1 is 1.00 bits per heavy atom. The first-order valence-electron chi connectivity index (χ1n) is 15.4. The number of carbonyl (C=O) groups is 1. The van der Waals surface area contributed by atoms with E-state index in [0.717, 1.165) is 28.1 Å². The predicted molar refractivity (Wildman–Crippen MR) is 171 cm³/mol. The Kier molecular flexibility index (Phi) is 10.3. The molecular weight excluding hydrogens is 562 g/mol. The van der Waals surface area contributed by atoms with Crippen LogP contribution in [0.3, 0.4) is 0 Å². The average Bonchev–Trinajstić information content (AvgIpc) is 2.92. The summed E-state index contributed by atoms with van der Waals surface area (Å²) in [6.45, 7) is 16.3. The number of piperidine rings is 1. The molecule has 1 aliphatic rings. The maximum atomic E-state index is 15.0. The molecule has 6 nitrogen and oxygen atoms in total. The molecule has 0 N–H and O–H groups in total. The molecule has 3 aromatic rings. The van der Waals surface area contributed by atoms with Gasteiger partial charge in [-0.05, 0) is 104 Å². The van der Waals surface area contributed by atoms with Gasteiger partial charge in [-0.1, -0.05) is 24.3 Å². The first-order valence-corrected chi connectivity index (χ1v) is 15.4. The molecular formula is C36H46F2N2O4. The van der Waals surface area contributed by atoms with Crippen molar-refractivity contribution in [2.45, 2.75) is 98.1 Å². The van der Waals surface area contributed by atoms with E-state index in [1.807, 2.05) is 72.7 Å². The number of halogens is 2. The molecule has 1 saturated heterocycles. The number of rotatable bonds is 10. The van der Waals surface area contributed by atoms with E-state index in [9.17, 15) is 13.6 Å². The van der Waals surface area contributed by atoms with Gasteiger partial charge in [0.2, 0.25) is 0 Å². The first-order chi connectivity index (χ1) is 20.6. The smallest absolute Gasteiger partial charge is 0.340 e. The monoisotopic (exact) mass is 608 g/mol. The molecule has 0 spiro atoms. The molecule has 0 amide bonds. The van der Waals surface area contributed by atoms with Crippen molar-refractivity contribution in [3.8, 4) is 16.9 Å². The van der Waals surface area contributed by atoms with Crippen LogP contribution in [0.5, 0.6) is 5.75 Å². The standard InChI is InChI=1S/C36H46F2N2O4/c1-23(2)43-34(41)33(44-35(5,6)7)31-25(4)39-24(3)30(32(31)40-20-18-36(8,38)19-21-40)27-11-15-29(16-12-27)42-22-17-26-9-13-28(37)14-10-26/h9-16,23,33H,17-22H2,1-8H3/t33-/m0/s1. The fourth-order valence-corrected chi connectivity index (χ4v) is 5.56. The van der Waals surface area contributed by atoms with E-state index < -0.39 is 23.3 Å². The number of alkyl halides is 1. The predicted octanol–water partition coefficient (Wildman–Crippen LogP) is 8.26. The zero-order valence-electron chi connectivity index (χ0n) is 27.3. The molecule has 1 aromatic heterocycles. The second-order valence-electron chi connectivity index (χ2n) is 13.2. The molecule has 238 valence electrons. The Balaban J connectivity index is 1.75. The maximum Gasteiger partial charge on any atom is 0.340 e. The van der Waals surface area contributed by atoms with Crippen LogP contribution in [0, 0.1) is 19.7 Å². The Morgan fingerprint density at radius 2 is 1.61 bits per heavy atom. The summed E-state index contributed by atoms with van der Waals surface area (Å²) < 4.78 is 46.3. The topological polar surface area (TPSA) is 60.9 Å². The van der Waals surface area contributed by atoms with Crippen LogP contribution in [0.25, 0.3) is 11.1 Å². The summed E-state index contributed by atoms with van der Waals surface area (Å²) in [5, 5.41) is 0. The van der Waals surface area contributed by atoms with Gasteiger partial charge in [0, 0.05) is 42.0 Å². The van der Waals surface area contributed by atoms with Gasteiger partial charge in [-0.2, -0.15) is 0 Å². The highest BCUT2D eigenvalue weighted by Gasteiger charge is 2.38. The molecule has 0 bridgehead atoms. The summed E-state index contributed by atoms with van der Waals surface area (Å²) in [7, 11) is 0. The van der Waals surface area contributed by atoms with E-state index in [0.29, 0.717) is 56.0 Å². The molecule has 2 heterocycles. The Hall–Kier alpha value is -3.52. The minimum atomic E-state index is -1.25. The van der Waals surface area contributed by atoms with Crippen molar-refractivity contribution in [2.24, 2.45) is 0 Å². The summed E-state index contributed by atoms with van der Waals surface area (Å²) >= 11 is 0. The third-order valence-electron chi connectivity index (χ3n) is 7.72. The molecule has 2 aromatic carbocycles. The lowest BCUT2D eigenvalue weighted by molar-refractivity contribution is -0.171. The van der Waals surface area contributed by atoms with Crippen LogP contribution < -0.4 is 9.64 Å². The molecule has 1 atom stereocenters. The quantitative estimate of drug-likeness (QED) is 0.216. The SMILES string of the molecule is Cc1nc(C)c([C@H](OC(C)(C)C)C(=O)OC(C)C)c(N2CCC(C)(F)CC2)c1-c1ccc(OCCc2ccc(F)cc2)cc1. The minimum absolute atomic E-state index is 0.259. The lowest BCUT2D eigenvalue weighted by Gasteiger charge is -2.39. The van der Waals surface area contributed by atoms with Gasteiger partial charge in [0.25, 0.3) is 0 Å². The minimum Gasteiger partial charge on any atom is -0.493 e. The fourth-order valence-electron chi connectivity index (χ4n) is 5.56. The van der Waals surface area contributed by atoms with Crippen LogP contribution >= 0.6 is 0 Å². The van der Waals surface area contributed by atoms with E-state index in [1.165, 1.54) is 12.1 Å². The highest BCUT2D eigenvalue weighted by molar-refractivity contribution is 5.88. The van der Waals surface area contributed by atoms with Gasteiger partial charge in [-0.15, -0.1) is 0 Å². The fraction of sp³-hybridized carbons (Fsp3) is 0.500. The van der Waals surface area contributed by atoms with Crippen molar-refractivity contribution in [3.05, 3.63) is 76.9 Å². The molecule has 0 radical (unpaired) electrons. The molecule has 0 aliphatic carbocycles. The van der Waals surface area contributed by atoms with Crippen LogP contribution in [-0.2, 0) is 20.7 Å². The first kappa shape index (κ1) is 33.4. The van der Waals surface area contributed by atoms with E-state index in [4.69, 9.17) is 19.2 Å². The number of esters is 1. The molecule has 1 aliphatic heterocycles. The van der Waals surface area contributed by atoms with Crippen molar-refractivity contribution < 1.29 is 27.8 Å². The van der Waals surface area contributed by atoms with Crippen molar-refractivity contribution in [2.75, 3.05) is 24.6 Å². The van der Waals surface area contributed by atoms with Crippen LogP contribution in [0.15, 0.2) is 48.5 Å². The number of hydrogen-bond acceptors (Lipinski definition) is 6. The third-order valence-corrected chi connectivity index (χ3v) is 7.72. The summed E-state index contributed by atoms with van der Waals surface area (Å²) in [5.41, 5.74) is 3.80. The zero-order valence-corrected chi connectivity index (χ0v) is 27.3. The number of aromatic nitrogens is 1. The van der Waals surface area contributed by atoms with Crippen LogP contribution in [0.1, 0.15) is 83.0 Å². The highest BCUT2D eigenvalue weighted by atomic mass is 19.1. The van der Waals surface area contributed by atoms with Gasteiger partial charge >= 0.3 is 5.97 Å². The normalized spacial score (nSPS) is 15.8. The summed E-state index contributed by atoms with van der Waals surface area (Å²) in [5.74, 6) is -0.0332. The second-order valence-corrected chi connectivity index (χ2v) is 13.2. The van der Waals surface area contributed by atoms with E-state index in [2.05, 4.69) is 4.90 Å². The van der Waals surface area contributed by atoms with Gasteiger partial charge < -0.3 is 19.1 Å². The number of anilines is 1. The lowest BCUT2D eigenvalue weighted by Crippen LogP contribution is -2.41. The van der Waals surface area contributed by atoms with Crippen LogP contribution in [0.2, 0.25) is 0 Å². The van der Waals surface area contributed by atoms with E-state index in [1.54, 1.807) is 19.1 Å². The van der Waals surface area contributed by atoms with Gasteiger partial charge in [0.1, 0.15) is 17.2 Å². The van der Waals surface area contributed by atoms with Crippen molar-refractivity contribution in [1.29, 1.82) is 0 Å². The zero-order chi connectivity index (χ0) is 32.2. The number of benzene rings is 2. The Bertz CT molecular complexity index is 1420. The number of ether oxygens (including phenoxy) is 3. The van der Waals surface area contributed by atoms with Crippen molar-refractivity contribution in [3.63, 3.8) is 0 Å². The highest BCUT2D eigenvalue weighted by Crippen LogP contribution is 2.44. The van der Waals surface area contributed by atoms with E-state index >= 15 is 0 Å². The number of hydrogen-bond donors (Lipinski definition) is 0. The van der Waals surface area contributed by atoms with Gasteiger partial charge in [-0.3, -0.25) is 4.98 Å². The molecule has 8 heteroatoms. The number of pyridine rings is 1. The summed E-state index contributed by atoms with van der Waals surface area (Å²) in [6, 6.07) is 14.2. The molecule has 44 heavy (non-hydrogen) atoms. The summed E-state index contributed by atoms with van der Waals surface area (Å²) in [4.78, 5) is 20.7. The Morgan fingerprint density at radius 3 is 2.18 bits per heavy atom. The largest absolute Gasteiger partial charge is 0.493 e. The third kappa shape index (κ3) is 8.56. The summed E-state index contributed by atoms with van der Waals surface area (Å²) in [6.07, 6.45) is 0.0450. The van der Waals surface area contributed by atoms with Gasteiger partial charge in [-0.25, -0.2) is 13.6 Å². The second kappa shape index (κ2) is 13.6. The molecule has 0 unspecified atom stereocenters. The van der Waals surface area contributed by atoms with Crippen molar-refractivity contribution >= 4 is 11.7 Å². The Labute approximate surface area is 260 Å². The average molecular weight is 609 g/mol. The van der Waals surface area contributed by atoms with Gasteiger partial charge in [0.05, 0.1) is 24.0 Å². The number of carbonyl (C=O) groups excluding carboxylic acids is 1. The van der Waals surface area contributed by atoms with Gasteiger partial charge in [0.15, 0.2) is 6.10 Å². The number of nitrogens with zero attached hydrogens (tertiary/aromatic N) is 2. The molecule has 1 fully saturated rings.